The van der Waals surface area contributed by atoms with Crippen LogP contribution < -0.4 is 5.73 Å². The van der Waals surface area contributed by atoms with E-state index >= 15 is 0 Å². The van der Waals surface area contributed by atoms with Gasteiger partial charge in [-0.2, -0.15) is 0 Å². The standard InChI is InChI=1S/C10H12N2O/c11-7-10-4-3-9(13-10)6-8-2-1-5-12-8/h1-5,12H,6-7,11H2. The molecule has 3 nitrogen and oxygen atoms in total. The number of nitrogens with one attached hydrogen (secondary N) is 1. The average molecular weight is 176 g/mol. The molecule has 0 aliphatic carbocycles. The van der Waals surface area contributed by atoms with E-state index in [-0.39, 0.29) is 0 Å². The molecule has 0 aromatic carbocycles. The Morgan fingerprint density at radius 1 is 1.23 bits per heavy atom. The fourth-order valence-corrected chi connectivity index (χ4v) is 1.29. The minimum absolute atomic E-state index is 0.463. The summed E-state index contributed by atoms with van der Waals surface area (Å²) in [5, 5.41) is 0. The minimum atomic E-state index is 0.463. The summed E-state index contributed by atoms with van der Waals surface area (Å²) in [6.45, 7) is 0.463. The lowest BCUT2D eigenvalue weighted by Gasteiger charge is -1.93. The van der Waals surface area contributed by atoms with E-state index in [0.29, 0.717) is 6.54 Å². The van der Waals surface area contributed by atoms with Crippen molar-refractivity contribution in [2.75, 3.05) is 0 Å². The molecule has 0 amide bonds. The van der Waals surface area contributed by atoms with E-state index < -0.39 is 0 Å². The molecule has 0 fully saturated rings. The smallest absolute Gasteiger partial charge is 0.117 e. The van der Waals surface area contributed by atoms with Gasteiger partial charge in [-0.3, -0.25) is 0 Å². The van der Waals surface area contributed by atoms with Gasteiger partial charge in [0.25, 0.3) is 0 Å². The molecule has 0 radical (unpaired) electrons. The van der Waals surface area contributed by atoms with Crippen LogP contribution in [0.4, 0.5) is 0 Å². The molecule has 3 heteroatoms. The van der Waals surface area contributed by atoms with Crippen LogP contribution in [0.5, 0.6) is 0 Å². The second kappa shape index (κ2) is 3.49. The van der Waals surface area contributed by atoms with Crippen LogP contribution in [0.1, 0.15) is 17.2 Å². The first-order valence-corrected chi connectivity index (χ1v) is 4.28. The molecule has 0 atom stereocenters. The van der Waals surface area contributed by atoms with Crippen molar-refractivity contribution in [1.29, 1.82) is 0 Å². The fraction of sp³-hybridized carbons (Fsp3) is 0.200. The maximum Gasteiger partial charge on any atom is 0.117 e. The summed E-state index contributed by atoms with van der Waals surface area (Å²) < 4.78 is 5.46. The number of aromatic nitrogens is 1. The zero-order valence-corrected chi connectivity index (χ0v) is 7.29. The summed E-state index contributed by atoms with van der Waals surface area (Å²) in [7, 11) is 0. The Morgan fingerprint density at radius 2 is 2.08 bits per heavy atom. The van der Waals surface area contributed by atoms with Gasteiger partial charge >= 0.3 is 0 Å². The molecule has 0 aliphatic rings. The van der Waals surface area contributed by atoms with Gasteiger partial charge < -0.3 is 15.1 Å². The molecule has 0 aliphatic heterocycles. The van der Waals surface area contributed by atoms with E-state index in [2.05, 4.69) is 4.98 Å². The van der Waals surface area contributed by atoms with Crippen LogP contribution in [0.25, 0.3) is 0 Å². The molecule has 13 heavy (non-hydrogen) atoms. The van der Waals surface area contributed by atoms with Crippen LogP contribution in [0.15, 0.2) is 34.9 Å². The molecular weight excluding hydrogens is 164 g/mol. The maximum atomic E-state index is 5.46. The lowest BCUT2D eigenvalue weighted by Crippen LogP contribution is -1.93. The third kappa shape index (κ3) is 1.81. The monoisotopic (exact) mass is 176 g/mol. The van der Waals surface area contributed by atoms with Gasteiger partial charge in [0.05, 0.1) is 6.54 Å². The van der Waals surface area contributed by atoms with E-state index in [1.165, 1.54) is 0 Å². The minimum Gasteiger partial charge on any atom is -0.464 e. The van der Waals surface area contributed by atoms with E-state index in [4.69, 9.17) is 10.2 Å². The van der Waals surface area contributed by atoms with Crippen molar-refractivity contribution >= 4 is 0 Å². The summed E-state index contributed by atoms with van der Waals surface area (Å²) in [5.41, 5.74) is 6.59. The molecule has 2 heterocycles. The van der Waals surface area contributed by atoms with Gasteiger partial charge in [0, 0.05) is 18.3 Å². The number of aromatic amines is 1. The zero-order chi connectivity index (χ0) is 9.10. The zero-order valence-electron chi connectivity index (χ0n) is 7.29. The Hall–Kier alpha value is -1.48. The highest BCUT2D eigenvalue weighted by molar-refractivity contribution is 5.15. The molecule has 3 N–H and O–H groups in total. The Balaban J connectivity index is 2.10. The number of hydrogen-bond donors (Lipinski definition) is 2. The molecule has 68 valence electrons. The van der Waals surface area contributed by atoms with Crippen LogP contribution in [-0.4, -0.2) is 4.98 Å². The van der Waals surface area contributed by atoms with Crippen molar-refractivity contribution < 1.29 is 4.42 Å². The molecule has 0 spiro atoms. The van der Waals surface area contributed by atoms with Crippen LogP contribution >= 0.6 is 0 Å². The third-order valence-corrected chi connectivity index (χ3v) is 1.95. The fourth-order valence-electron chi connectivity index (χ4n) is 1.29. The molecule has 0 unspecified atom stereocenters. The molecule has 0 saturated heterocycles. The Morgan fingerprint density at radius 3 is 2.69 bits per heavy atom. The van der Waals surface area contributed by atoms with Crippen LogP contribution in [0.2, 0.25) is 0 Å². The lowest BCUT2D eigenvalue weighted by atomic mass is 10.2. The number of furan rings is 1. The maximum absolute atomic E-state index is 5.46. The Bertz CT molecular complexity index is 362. The first kappa shape index (κ1) is 8.13. The topological polar surface area (TPSA) is 55.0 Å². The first-order valence-electron chi connectivity index (χ1n) is 4.28. The largest absolute Gasteiger partial charge is 0.464 e. The number of H-pyrrole nitrogens is 1. The molecule has 2 rings (SSSR count). The number of rotatable bonds is 3. The molecule has 2 aromatic rings. The molecular formula is C10H12N2O. The normalized spacial score (nSPS) is 10.5. The molecule has 2 aromatic heterocycles. The first-order chi connectivity index (χ1) is 6.38. The van der Waals surface area contributed by atoms with Crippen LogP contribution in [0.3, 0.4) is 0 Å². The predicted octanol–water partition coefficient (Wildman–Crippen LogP) is 1.66. The van der Waals surface area contributed by atoms with E-state index in [1.54, 1.807) is 0 Å². The van der Waals surface area contributed by atoms with Crippen molar-refractivity contribution in [1.82, 2.24) is 4.98 Å². The SMILES string of the molecule is NCc1ccc(Cc2ccc[nH]2)o1. The van der Waals surface area contributed by atoms with Gasteiger partial charge in [-0.25, -0.2) is 0 Å². The van der Waals surface area contributed by atoms with Crippen molar-refractivity contribution in [3.8, 4) is 0 Å². The molecule has 0 bridgehead atoms. The Labute approximate surface area is 76.6 Å². The van der Waals surface area contributed by atoms with Crippen LogP contribution in [-0.2, 0) is 13.0 Å². The van der Waals surface area contributed by atoms with Gasteiger partial charge in [0.2, 0.25) is 0 Å². The van der Waals surface area contributed by atoms with Gasteiger partial charge in [0.1, 0.15) is 11.5 Å². The number of hydrogen-bond acceptors (Lipinski definition) is 2. The van der Waals surface area contributed by atoms with Gasteiger partial charge in [-0.15, -0.1) is 0 Å². The summed E-state index contributed by atoms with van der Waals surface area (Å²) in [6, 6.07) is 7.88. The highest BCUT2D eigenvalue weighted by Crippen LogP contribution is 2.11. The second-order valence-corrected chi connectivity index (χ2v) is 2.94. The van der Waals surface area contributed by atoms with E-state index in [0.717, 1.165) is 23.6 Å². The average Bonchev–Trinajstić information content (AvgIpc) is 2.76. The summed E-state index contributed by atoms with van der Waals surface area (Å²) in [5.74, 6) is 1.78. The summed E-state index contributed by atoms with van der Waals surface area (Å²) >= 11 is 0. The van der Waals surface area contributed by atoms with Crippen molar-refractivity contribution in [3.05, 3.63) is 47.7 Å². The van der Waals surface area contributed by atoms with Gasteiger partial charge in [0.15, 0.2) is 0 Å². The van der Waals surface area contributed by atoms with Gasteiger partial charge in [-0.05, 0) is 24.3 Å². The van der Waals surface area contributed by atoms with E-state index in [9.17, 15) is 0 Å². The van der Waals surface area contributed by atoms with Crippen molar-refractivity contribution in [2.45, 2.75) is 13.0 Å². The van der Waals surface area contributed by atoms with Crippen LogP contribution in [0, 0.1) is 0 Å². The second-order valence-electron chi connectivity index (χ2n) is 2.94. The quantitative estimate of drug-likeness (QED) is 0.747. The highest BCUT2D eigenvalue weighted by atomic mass is 16.3. The predicted molar refractivity (Wildman–Crippen MR) is 50.2 cm³/mol. The summed E-state index contributed by atoms with van der Waals surface area (Å²) in [6.07, 6.45) is 2.70. The summed E-state index contributed by atoms with van der Waals surface area (Å²) in [4.78, 5) is 3.12. The number of nitrogens with two attached hydrogens (primary N) is 1. The van der Waals surface area contributed by atoms with E-state index in [1.807, 2.05) is 30.5 Å². The highest BCUT2D eigenvalue weighted by Gasteiger charge is 2.01. The van der Waals surface area contributed by atoms with Crippen molar-refractivity contribution in [2.24, 2.45) is 5.73 Å². The lowest BCUT2D eigenvalue weighted by molar-refractivity contribution is 0.474. The Kier molecular flexibility index (Phi) is 2.19. The van der Waals surface area contributed by atoms with Gasteiger partial charge in [-0.1, -0.05) is 0 Å². The molecule has 0 saturated carbocycles. The van der Waals surface area contributed by atoms with Crippen molar-refractivity contribution in [3.63, 3.8) is 0 Å². The third-order valence-electron chi connectivity index (χ3n) is 1.95.